The van der Waals surface area contributed by atoms with Gasteiger partial charge < -0.3 is 14.9 Å². The van der Waals surface area contributed by atoms with Crippen molar-refractivity contribution in [3.05, 3.63) is 32.5 Å². The van der Waals surface area contributed by atoms with Crippen LogP contribution in [-0.2, 0) is 9.53 Å². The molecule has 6 nitrogen and oxygen atoms in total. The highest BCUT2D eigenvalue weighted by Gasteiger charge is 2.21. The lowest BCUT2D eigenvalue weighted by Gasteiger charge is -2.13. The van der Waals surface area contributed by atoms with Crippen LogP contribution in [0.15, 0.2) is 16.6 Å². The molecular formula is C16H19Cl3N2O4. The minimum Gasteiger partial charge on any atom is -0.505 e. The number of aliphatic hydroxyl groups is 2. The first kappa shape index (κ1) is 21.7. The third-order valence-corrected chi connectivity index (χ3v) is 4.17. The molecule has 0 radical (unpaired) electrons. The number of halogens is 3. The minimum atomic E-state index is -0.812. The summed E-state index contributed by atoms with van der Waals surface area (Å²) in [5.74, 6) is -1.34. The maximum Gasteiger partial charge on any atom is 0.343 e. The Bertz CT molecular complexity index is 690. The number of aliphatic imine (C=N–C) groups is 1. The number of esters is 1. The Morgan fingerprint density at radius 3 is 2.52 bits per heavy atom. The second-order valence-electron chi connectivity index (χ2n) is 5.35. The van der Waals surface area contributed by atoms with Gasteiger partial charge in [0.25, 0.3) is 0 Å². The van der Waals surface area contributed by atoms with Crippen molar-refractivity contribution in [3.63, 3.8) is 0 Å². The smallest absolute Gasteiger partial charge is 0.343 e. The number of carbonyl (C=O) groups is 1. The molecule has 1 heterocycles. The van der Waals surface area contributed by atoms with Gasteiger partial charge in [-0.3, -0.25) is 4.99 Å². The summed E-state index contributed by atoms with van der Waals surface area (Å²) < 4.78 is 4.93. The van der Waals surface area contributed by atoms with Crippen molar-refractivity contribution < 1.29 is 19.7 Å². The molecule has 0 aliphatic heterocycles. The van der Waals surface area contributed by atoms with Gasteiger partial charge in [-0.1, -0.05) is 48.7 Å². The van der Waals surface area contributed by atoms with E-state index < -0.39 is 17.8 Å². The predicted octanol–water partition coefficient (Wildman–Crippen LogP) is 3.96. The van der Waals surface area contributed by atoms with Crippen molar-refractivity contribution in [1.29, 1.82) is 0 Å². The summed E-state index contributed by atoms with van der Waals surface area (Å²) in [5.41, 5.74) is -0.385. The van der Waals surface area contributed by atoms with Gasteiger partial charge in [0, 0.05) is 6.21 Å². The standard InChI is InChI=1S/C16H19Cl3N2O4/c1-4-25-16(24)9(6-20-12(7-22)8(2)3)14(23)13-10(17)5-11(18)15(19)21-13/h5-6,8,12,22-23H,4,7H2,1-3H3/b14-9-,20-6?/t12-/m1/s1. The summed E-state index contributed by atoms with van der Waals surface area (Å²) in [4.78, 5) is 20.2. The van der Waals surface area contributed by atoms with Crippen molar-refractivity contribution >= 4 is 52.7 Å². The van der Waals surface area contributed by atoms with Crippen LogP contribution in [-0.4, -0.2) is 46.6 Å². The van der Waals surface area contributed by atoms with E-state index >= 15 is 0 Å². The molecular weight excluding hydrogens is 391 g/mol. The average Bonchev–Trinajstić information content (AvgIpc) is 2.54. The van der Waals surface area contributed by atoms with E-state index in [1.54, 1.807) is 6.92 Å². The quantitative estimate of drug-likeness (QED) is 0.234. The molecule has 0 aliphatic rings. The second-order valence-corrected chi connectivity index (χ2v) is 6.52. The van der Waals surface area contributed by atoms with Gasteiger partial charge in [0.15, 0.2) is 5.76 Å². The van der Waals surface area contributed by atoms with Crippen molar-refractivity contribution in [3.8, 4) is 0 Å². The van der Waals surface area contributed by atoms with Crippen LogP contribution < -0.4 is 0 Å². The van der Waals surface area contributed by atoms with Gasteiger partial charge >= 0.3 is 5.97 Å². The van der Waals surface area contributed by atoms with E-state index in [1.807, 2.05) is 13.8 Å². The average molecular weight is 410 g/mol. The lowest BCUT2D eigenvalue weighted by atomic mass is 10.1. The van der Waals surface area contributed by atoms with Gasteiger partial charge in [0.2, 0.25) is 0 Å². The van der Waals surface area contributed by atoms with Crippen LogP contribution in [0.25, 0.3) is 5.76 Å². The normalized spacial score (nSPS) is 13.9. The van der Waals surface area contributed by atoms with Crippen molar-refractivity contribution in [1.82, 2.24) is 4.98 Å². The van der Waals surface area contributed by atoms with E-state index in [0.717, 1.165) is 6.21 Å². The highest BCUT2D eigenvalue weighted by atomic mass is 35.5. The van der Waals surface area contributed by atoms with Gasteiger partial charge in [0.1, 0.15) is 16.4 Å². The van der Waals surface area contributed by atoms with E-state index in [1.165, 1.54) is 6.07 Å². The molecule has 0 saturated heterocycles. The van der Waals surface area contributed by atoms with Gasteiger partial charge in [0.05, 0.1) is 29.3 Å². The SMILES string of the molecule is CCOC(=O)/C(C=N[C@H](CO)C(C)C)=C(\O)c1nc(Cl)c(Cl)cc1Cl. The van der Waals surface area contributed by atoms with Crippen LogP contribution in [0.3, 0.4) is 0 Å². The highest BCUT2D eigenvalue weighted by molar-refractivity contribution is 6.42. The van der Waals surface area contributed by atoms with E-state index in [0.29, 0.717) is 0 Å². The first-order valence-corrected chi connectivity index (χ1v) is 8.62. The molecule has 1 aromatic rings. The Morgan fingerprint density at radius 2 is 2.00 bits per heavy atom. The molecule has 0 amide bonds. The number of hydrogen-bond donors (Lipinski definition) is 2. The fourth-order valence-corrected chi connectivity index (χ4v) is 2.34. The van der Waals surface area contributed by atoms with E-state index in [4.69, 9.17) is 39.5 Å². The van der Waals surface area contributed by atoms with Crippen LogP contribution in [0, 0.1) is 5.92 Å². The van der Waals surface area contributed by atoms with Crippen molar-refractivity contribution in [2.45, 2.75) is 26.8 Å². The molecule has 1 aromatic heterocycles. The third-order valence-electron chi connectivity index (χ3n) is 3.21. The number of pyridine rings is 1. The molecule has 0 saturated carbocycles. The molecule has 0 bridgehead atoms. The molecule has 0 fully saturated rings. The number of nitrogens with zero attached hydrogens (tertiary/aromatic N) is 2. The summed E-state index contributed by atoms with van der Waals surface area (Å²) in [7, 11) is 0. The fourth-order valence-electron chi connectivity index (χ4n) is 1.76. The highest BCUT2D eigenvalue weighted by Crippen LogP contribution is 2.30. The van der Waals surface area contributed by atoms with Gasteiger partial charge in [-0.05, 0) is 18.9 Å². The van der Waals surface area contributed by atoms with Crippen LogP contribution >= 0.6 is 34.8 Å². The van der Waals surface area contributed by atoms with Crippen molar-refractivity contribution in [2.75, 3.05) is 13.2 Å². The third kappa shape index (κ3) is 5.85. The Balaban J connectivity index is 3.44. The fraction of sp³-hybridized carbons (Fsp3) is 0.438. The molecule has 0 aliphatic carbocycles. The first-order chi connectivity index (χ1) is 11.7. The minimum absolute atomic E-state index is 0.00432. The zero-order valence-electron chi connectivity index (χ0n) is 14.0. The van der Waals surface area contributed by atoms with Gasteiger partial charge in [-0.25, -0.2) is 9.78 Å². The molecule has 9 heteroatoms. The Morgan fingerprint density at radius 1 is 1.36 bits per heavy atom. The summed E-state index contributed by atoms with van der Waals surface area (Å²) in [6.45, 7) is 5.24. The number of aromatic nitrogens is 1. The number of aliphatic hydroxyl groups excluding tert-OH is 2. The largest absolute Gasteiger partial charge is 0.505 e. The molecule has 138 valence electrons. The molecule has 0 spiro atoms. The van der Waals surface area contributed by atoms with Gasteiger partial charge in [-0.15, -0.1) is 0 Å². The number of carbonyl (C=O) groups excluding carboxylic acids is 1. The van der Waals surface area contributed by atoms with Gasteiger partial charge in [-0.2, -0.15) is 0 Å². The van der Waals surface area contributed by atoms with Crippen LogP contribution in [0.5, 0.6) is 0 Å². The predicted molar refractivity (Wildman–Crippen MR) is 99.7 cm³/mol. The molecule has 25 heavy (non-hydrogen) atoms. The molecule has 1 rings (SSSR count). The summed E-state index contributed by atoms with van der Waals surface area (Å²) in [6, 6.07) is 0.851. The number of rotatable bonds is 7. The Labute approximate surface area is 161 Å². The maximum atomic E-state index is 12.2. The maximum absolute atomic E-state index is 12.2. The zero-order chi connectivity index (χ0) is 19.1. The summed E-state index contributed by atoms with van der Waals surface area (Å²) >= 11 is 17.7. The first-order valence-electron chi connectivity index (χ1n) is 7.49. The number of ether oxygens (including phenoxy) is 1. The van der Waals surface area contributed by atoms with E-state index in [9.17, 15) is 15.0 Å². The van der Waals surface area contributed by atoms with Crippen LogP contribution in [0.1, 0.15) is 26.5 Å². The van der Waals surface area contributed by atoms with E-state index in [2.05, 4.69) is 9.98 Å². The lowest BCUT2D eigenvalue weighted by Crippen LogP contribution is -2.19. The molecule has 2 N–H and O–H groups in total. The molecule has 0 unspecified atom stereocenters. The summed E-state index contributed by atoms with van der Waals surface area (Å²) in [6.07, 6.45) is 1.13. The topological polar surface area (TPSA) is 92.0 Å². The second kappa shape index (κ2) is 9.97. The van der Waals surface area contributed by atoms with Crippen LogP contribution in [0.4, 0.5) is 0 Å². The van der Waals surface area contributed by atoms with Crippen molar-refractivity contribution in [2.24, 2.45) is 10.9 Å². The lowest BCUT2D eigenvalue weighted by molar-refractivity contribution is -0.137. The van der Waals surface area contributed by atoms with Crippen LogP contribution in [0.2, 0.25) is 15.2 Å². The monoisotopic (exact) mass is 408 g/mol. The molecule has 0 aromatic carbocycles. The Kier molecular flexibility index (Phi) is 8.65. The zero-order valence-corrected chi connectivity index (χ0v) is 16.2. The Hall–Kier alpha value is -1.34. The summed E-state index contributed by atoms with van der Waals surface area (Å²) in [5, 5.41) is 19.8. The van der Waals surface area contributed by atoms with E-state index in [-0.39, 0.29) is 45.6 Å². The molecule has 1 atom stereocenters. The number of hydrogen-bond acceptors (Lipinski definition) is 6.